The zero-order chi connectivity index (χ0) is 24.8. The van der Waals surface area contributed by atoms with Crippen LogP contribution in [0.1, 0.15) is 46.3 Å². The molecule has 0 aliphatic heterocycles. The van der Waals surface area contributed by atoms with Gasteiger partial charge in [0.05, 0.1) is 5.56 Å². The van der Waals surface area contributed by atoms with Crippen molar-refractivity contribution in [3.05, 3.63) is 95.1 Å². The predicted octanol–water partition coefficient (Wildman–Crippen LogP) is 4.36. The van der Waals surface area contributed by atoms with Crippen LogP contribution in [0.4, 0.5) is 4.79 Å². The molecule has 0 fully saturated rings. The molecule has 1 aliphatic rings. The average Bonchev–Trinajstić information content (AvgIpc) is 3.19. The van der Waals surface area contributed by atoms with Crippen molar-refractivity contribution >= 4 is 18.0 Å². The lowest BCUT2D eigenvalue weighted by Gasteiger charge is -2.18. The molecule has 180 valence electrons. The number of amides is 2. The Morgan fingerprint density at radius 3 is 2.23 bits per heavy atom. The largest absolute Gasteiger partial charge is 0.478 e. The van der Waals surface area contributed by atoms with E-state index in [1.54, 1.807) is 12.1 Å². The summed E-state index contributed by atoms with van der Waals surface area (Å²) in [6, 6.07) is 22.1. The number of rotatable bonds is 9. The van der Waals surface area contributed by atoms with Crippen LogP contribution in [0, 0.1) is 0 Å². The maximum absolute atomic E-state index is 12.6. The maximum Gasteiger partial charge on any atom is 0.407 e. The molecule has 0 saturated heterocycles. The van der Waals surface area contributed by atoms with Gasteiger partial charge in [-0.1, -0.05) is 67.6 Å². The van der Waals surface area contributed by atoms with Crippen LogP contribution in [0.2, 0.25) is 0 Å². The van der Waals surface area contributed by atoms with E-state index in [-0.39, 0.29) is 24.0 Å². The molecule has 3 N–H and O–H groups in total. The highest BCUT2D eigenvalue weighted by Crippen LogP contribution is 2.44. The second-order valence-electron chi connectivity index (χ2n) is 8.48. The Labute approximate surface area is 204 Å². The third-order valence-electron chi connectivity index (χ3n) is 6.25. The summed E-state index contributed by atoms with van der Waals surface area (Å²) in [5.41, 5.74) is 5.56. The first-order valence-corrected chi connectivity index (χ1v) is 11.7. The molecule has 4 rings (SSSR count). The van der Waals surface area contributed by atoms with E-state index in [0.29, 0.717) is 19.4 Å². The fourth-order valence-corrected chi connectivity index (χ4v) is 4.45. The van der Waals surface area contributed by atoms with Gasteiger partial charge in [-0.15, -0.1) is 0 Å². The van der Waals surface area contributed by atoms with Crippen molar-refractivity contribution in [1.29, 1.82) is 0 Å². The van der Waals surface area contributed by atoms with Gasteiger partial charge < -0.3 is 20.5 Å². The number of hydrogen-bond donors (Lipinski definition) is 3. The zero-order valence-corrected chi connectivity index (χ0v) is 19.5. The van der Waals surface area contributed by atoms with Gasteiger partial charge in [0.1, 0.15) is 12.6 Å². The first-order valence-electron chi connectivity index (χ1n) is 11.7. The van der Waals surface area contributed by atoms with Gasteiger partial charge in [-0.3, -0.25) is 4.79 Å². The van der Waals surface area contributed by atoms with Crippen LogP contribution in [0.3, 0.4) is 0 Å². The van der Waals surface area contributed by atoms with E-state index in [0.717, 1.165) is 27.8 Å². The maximum atomic E-state index is 12.6. The molecule has 1 atom stereocenters. The summed E-state index contributed by atoms with van der Waals surface area (Å²) in [6.45, 7) is 2.31. The summed E-state index contributed by atoms with van der Waals surface area (Å²) >= 11 is 0. The number of nitrogens with one attached hydrogen (secondary N) is 2. The minimum Gasteiger partial charge on any atom is -0.478 e. The number of fused-ring (bicyclic) bond motifs is 3. The first-order chi connectivity index (χ1) is 17.0. The fourth-order valence-electron chi connectivity index (χ4n) is 4.45. The Hall–Kier alpha value is -4.13. The van der Waals surface area contributed by atoms with Gasteiger partial charge in [0.25, 0.3) is 0 Å². The molecule has 0 aromatic heterocycles. The van der Waals surface area contributed by atoms with E-state index in [1.165, 1.54) is 6.07 Å². The van der Waals surface area contributed by atoms with Crippen molar-refractivity contribution in [2.45, 2.75) is 31.7 Å². The van der Waals surface area contributed by atoms with Crippen molar-refractivity contribution in [1.82, 2.24) is 10.6 Å². The lowest BCUT2D eigenvalue weighted by Crippen LogP contribution is -2.47. The van der Waals surface area contributed by atoms with Crippen molar-refractivity contribution in [3.63, 3.8) is 0 Å². The number of ether oxygens (including phenoxy) is 1. The van der Waals surface area contributed by atoms with Gasteiger partial charge in [0.2, 0.25) is 5.91 Å². The van der Waals surface area contributed by atoms with Crippen LogP contribution in [0.5, 0.6) is 0 Å². The van der Waals surface area contributed by atoms with E-state index in [4.69, 9.17) is 9.84 Å². The predicted molar refractivity (Wildman–Crippen MR) is 132 cm³/mol. The van der Waals surface area contributed by atoms with Gasteiger partial charge in [0, 0.05) is 12.5 Å². The molecule has 0 heterocycles. The lowest BCUT2D eigenvalue weighted by molar-refractivity contribution is -0.123. The normalized spacial score (nSPS) is 12.8. The lowest BCUT2D eigenvalue weighted by atomic mass is 9.98. The summed E-state index contributed by atoms with van der Waals surface area (Å²) in [7, 11) is 0. The summed E-state index contributed by atoms with van der Waals surface area (Å²) in [4.78, 5) is 36.2. The van der Waals surface area contributed by atoms with Gasteiger partial charge in [0.15, 0.2) is 0 Å². The molecule has 0 radical (unpaired) electrons. The van der Waals surface area contributed by atoms with Crippen molar-refractivity contribution < 1.29 is 24.2 Å². The molecule has 0 bridgehead atoms. The number of carbonyl (C=O) groups is 3. The number of carboxylic acids is 1. The number of alkyl carbamates (subject to hydrolysis) is 1. The number of benzene rings is 3. The van der Waals surface area contributed by atoms with Crippen LogP contribution >= 0.6 is 0 Å². The average molecular weight is 473 g/mol. The van der Waals surface area contributed by atoms with E-state index in [1.807, 2.05) is 37.3 Å². The van der Waals surface area contributed by atoms with Crippen LogP contribution in [-0.4, -0.2) is 42.3 Å². The molecule has 35 heavy (non-hydrogen) atoms. The second kappa shape index (κ2) is 10.9. The summed E-state index contributed by atoms with van der Waals surface area (Å²) in [5.74, 6) is -1.35. The summed E-state index contributed by atoms with van der Waals surface area (Å²) < 4.78 is 5.55. The third-order valence-corrected chi connectivity index (χ3v) is 6.25. The van der Waals surface area contributed by atoms with Crippen LogP contribution in [0.25, 0.3) is 11.1 Å². The SMILES string of the molecule is CC[C@H](NC(=O)OCC1c2ccccc2-c2ccccc21)C(=O)NCCc1cccc(C(=O)O)c1. The van der Waals surface area contributed by atoms with Gasteiger partial charge in [-0.2, -0.15) is 0 Å². The number of carboxylic acid groups (broad SMARTS) is 1. The highest BCUT2D eigenvalue weighted by Gasteiger charge is 2.29. The number of carbonyl (C=O) groups excluding carboxylic acids is 2. The molecule has 3 aromatic carbocycles. The standard InChI is InChI=1S/C28H28N2O5/c1-2-25(26(31)29-15-14-18-8-7-9-19(16-18)27(32)33)30-28(34)35-17-24-22-12-5-3-10-20(22)21-11-4-6-13-23(21)24/h3-13,16,24-25H,2,14-15,17H2,1H3,(H,29,31)(H,30,34)(H,32,33)/t25-/m0/s1. The van der Waals surface area contributed by atoms with E-state index >= 15 is 0 Å². The molecule has 2 amide bonds. The summed E-state index contributed by atoms with van der Waals surface area (Å²) in [5, 5.41) is 14.6. The number of aromatic carboxylic acids is 1. The third kappa shape index (κ3) is 5.51. The monoisotopic (exact) mass is 472 g/mol. The minimum absolute atomic E-state index is 0.0522. The van der Waals surface area contributed by atoms with Crippen molar-refractivity contribution in [2.24, 2.45) is 0 Å². The smallest absolute Gasteiger partial charge is 0.407 e. The highest BCUT2D eigenvalue weighted by molar-refractivity contribution is 5.88. The molecular formula is C28H28N2O5. The van der Waals surface area contributed by atoms with E-state index in [9.17, 15) is 14.4 Å². The molecule has 1 aliphatic carbocycles. The van der Waals surface area contributed by atoms with E-state index < -0.39 is 18.1 Å². The van der Waals surface area contributed by atoms with Crippen LogP contribution < -0.4 is 10.6 Å². The molecule has 0 unspecified atom stereocenters. The van der Waals surface area contributed by atoms with Gasteiger partial charge >= 0.3 is 12.1 Å². The molecule has 0 spiro atoms. The summed E-state index contributed by atoms with van der Waals surface area (Å²) in [6.07, 6.45) is 0.252. The molecule has 7 heteroatoms. The minimum atomic E-state index is -0.991. The molecular weight excluding hydrogens is 444 g/mol. The van der Waals surface area contributed by atoms with Crippen LogP contribution in [0.15, 0.2) is 72.8 Å². The Balaban J connectivity index is 1.29. The Morgan fingerprint density at radius 2 is 1.60 bits per heavy atom. The van der Waals surface area contributed by atoms with Gasteiger partial charge in [-0.25, -0.2) is 9.59 Å². The first kappa shape index (κ1) is 24.0. The van der Waals surface area contributed by atoms with Crippen molar-refractivity contribution in [2.75, 3.05) is 13.2 Å². The highest BCUT2D eigenvalue weighted by atomic mass is 16.5. The topological polar surface area (TPSA) is 105 Å². The van der Waals surface area contributed by atoms with Crippen LogP contribution in [-0.2, 0) is 16.0 Å². The second-order valence-corrected chi connectivity index (χ2v) is 8.48. The zero-order valence-electron chi connectivity index (χ0n) is 19.5. The van der Waals surface area contributed by atoms with Crippen molar-refractivity contribution in [3.8, 4) is 11.1 Å². The Kier molecular flexibility index (Phi) is 7.45. The Morgan fingerprint density at radius 1 is 0.943 bits per heavy atom. The Bertz CT molecular complexity index is 1190. The fraction of sp³-hybridized carbons (Fsp3) is 0.250. The molecule has 3 aromatic rings. The number of hydrogen-bond acceptors (Lipinski definition) is 4. The molecule has 0 saturated carbocycles. The quantitative estimate of drug-likeness (QED) is 0.429. The van der Waals surface area contributed by atoms with E-state index in [2.05, 4.69) is 34.9 Å². The van der Waals surface area contributed by atoms with Gasteiger partial charge in [-0.05, 0) is 52.8 Å². The molecule has 7 nitrogen and oxygen atoms in total.